The molecule has 0 amide bonds. The Morgan fingerprint density at radius 3 is 2.88 bits per heavy atom. The minimum atomic E-state index is -0.700. The fraction of sp³-hybridized carbons (Fsp3) is 0.100. The van der Waals surface area contributed by atoms with E-state index in [-0.39, 0.29) is 22.3 Å². The summed E-state index contributed by atoms with van der Waals surface area (Å²) in [4.78, 5) is 21.4. The normalized spacial score (nSPS) is 9.25. The van der Waals surface area contributed by atoms with E-state index in [2.05, 4.69) is 26.6 Å². The van der Waals surface area contributed by atoms with Gasteiger partial charge in [0.2, 0.25) is 0 Å². The van der Waals surface area contributed by atoms with Crippen LogP contribution in [0.15, 0.2) is 22.7 Å². The highest BCUT2D eigenvalue weighted by Gasteiger charge is 2.19. The van der Waals surface area contributed by atoms with Gasteiger partial charge in [0.15, 0.2) is 6.61 Å². The predicted molar refractivity (Wildman–Crippen MR) is 59.9 cm³/mol. The van der Waals surface area contributed by atoms with Gasteiger partial charge >= 0.3 is 5.97 Å². The molecular weight excluding hydrogens is 278 g/mol. The number of hydrogen-bond acceptors (Lipinski definition) is 4. The van der Waals surface area contributed by atoms with Crippen molar-refractivity contribution >= 4 is 27.6 Å². The first-order valence-corrected chi connectivity index (χ1v) is 4.90. The molecule has 0 saturated carbocycles. The van der Waals surface area contributed by atoms with Crippen LogP contribution < -0.4 is 0 Å². The van der Waals surface area contributed by atoms with Gasteiger partial charge in [0, 0.05) is 6.07 Å². The number of carbonyl (C=O) groups excluding carboxylic acids is 1. The van der Waals surface area contributed by atoms with Gasteiger partial charge in [-0.2, -0.15) is 0 Å². The third-order valence-electron chi connectivity index (χ3n) is 1.68. The van der Waals surface area contributed by atoms with Gasteiger partial charge in [-0.25, -0.2) is 4.79 Å². The van der Waals surface area contributed by atoms with Crippen molar-refractivity contribution in [2.45, 2.75) is 0 Å². The first-order chi connectivity index (χ1) is 7.57. The van der Waals surface area contributed by atoms with E-state index in [9.17, 15) is 14.9 Å². The fourth-order valence-corrected chi connectivity index (χ4v) is 1.57. The average molecular weight is 284 g/mol. The summed E-state index contributed by atoms with van der Waals surface area (Å²) in [5, 5.41) is 10.6. The molecule has 1 aromatic carbocycles. The largest absolute Gasteiger partial charge is 0.449 e. The molecule has 0 aliphatic heterocycles. The summed E-state index contributed by atoms with van der Waals surface area (Å²) < 4.78 is 4.75. The van der Waals surface area contributed by atoms with Crippen molar-refractivity contribution in [2.75, 3.05) is 6.61 Å². The summed E-state index contributed by atoms with van der Waals surface area (Å²) in [7, 11) is 0. The molecule has 0 aromatic heterocycles. The lowest BCUT2D eigenvalue weighted by atomic mass is 10.2. The van der Waals surface area contributed by atoms with Crippen LogP contribution in [-0.2, 0) is 4.74 Å². The molecule has 0 unspecified atom stereocenters. The van der Waals surface area contributed by atoms with E-state index >= 15 is 0 Å². The van der Waals surface area contributed by atoms with Crippen molar-refractivity contribution in [3.63, 3.8) is 0 Å². The molecule has 82 valence electrons. The number of ether oxygens (including phenoxy) is 1. The number of nitro benzene ring substituents is 1. The Balaban J connectivity index is 3.07. The number of carbonyl (C=O) groups is 1. The maximum atomic E-state index is 11.4. The van der Waals surface area contributed by atoms with Crippen LogP contribution in [0.25, 0.3) is 0 Å². The Labute approximate surface area is 99.7 Å². The van der Waals surface area contributed by atoms with Crippen LogP contribution >= 0.6 is 15.9 Å². The standard InChI is InChI=1S/C10H6BrNO4/c1-2-6-16-10(13)7-4-3-5-8(9(7)11)12(14)15/h1,3-5H,6H2. The van der Waals surface area contributed by atoms with Gasteiger partial charge < -0.3 is 4.74 Å². The van der Waals surface area contributed by atoms with Gasteiger partial charge in [-0.1, -0.05) is 12.0 Å². The number of nitro groups is 1. The highest BCUT2D eigenvalue weighted by Crippen LogP contribution is 2.28. The maximum Gasteiger partial charge on any atom is 0.340 e. The number of halogens is 1. The van der Waals surface area contributed by atoms with E-state index < -0.39 is 10.9 Å². The third-order valence-corrected chi connectivity index (χ3v) is 2.51. The maximum absolute atomic E-state index is 11.4. The van der Waals surface area contributed by atoms with Crippen LogP contribution in [0, 0.1) is 22.5 Å². The van der Waals surface area contributed by atoms with Gasteiger partial charge in [0.25, 0.3) is 5.69 Å². The second-order valence-electron chi connectivity index (χ2n) is 2.68. The van der Waals surface area contributed by atoms with Crippen molar-refractivity contribution in [1.82, 2.24) is 0 Å². The minimum absolute atomic E-state index is 0.0736. The number of rotatable bonds is 3. The van der Waals surface area contributed by atoms with Crippen molar-refractivity contribution in [3.8, 4) is 12.3 Å². The molecule has 5 nitrogen and oxygen atoms in total. The van der Waals surface area contributed by atoms with Gasteiger partial charge in [-0.15, -0.1) is 6.42 Å². The molecule has 16 heavy (non-hydrogen) atoms. The molecule has 0 fully saturated rings. The Bertz CT molecular complexity index is 478. The summed E-state index contributed by atoms with van der Waals surface area (Å²) in [5.74, 6) is 1.43. The zero-order valence-electron chi connectivity index (χ0n) is 7.97. The lowest BCUT2D eigenvalue weighted by Crippen LogP contribution is -2.07. The van der Waals surface area contributed by atoms with E-state index in [1.807, 2.05) is 0 Å². The second kappa shape index (κ2) is 5.28. The second-order valence-corrected chi connectivity index (χ2v) is 3.47. The van der Waals surface area contributed by atoms with Crippen LogP contribution in [0.4, 0.5) is 5.69 Å². The Hall–Kier alpha value is -1.87. The van der Waals surface area contributed by atoms with Crippen molar-refractivity contribution in [2.24, 2.45) is 0 Å². The first-order valence-electron chi connectivity index (χ1n) is 4.11. The van der Waals surface area contributed by atoms with Crippen molar-refractivity contribution in [3.05, 3.63) is 38.3 Å². The quantitative estimate of drug-likeness (QED) is 0.369. The molecule has 0 atom stereocenters. The van der Waals surface area contributed by atoms with Crippen LogP contribution in [0.2, 0.25) is 0 Å². The third kappa shape index (κ3) is 2.58. The predicted octanol–water partition coefficient (Wildman–Crippen LogP) is 2.15. The van der Waals surface area contributed by atoms with E-state index in [4.69, 9.17) is 6.42 Å². The number of benzene rings is 1. The Kier molecular flexibility index (Phi) is 4.03. The molecule has 1 rings (SSSR count). The van der Waals surface area contributed by atoms with Crippen LogP contribution in [-0.4, -0.2) is 17.5 Å². The number of hydrogen-bond donors (Lipinski definition) is 0. The molecule has 6 heteroatoms. The smallest absolute Gasteiger partial charge is 0.340 e. The molecular formula is C10H6BrNO4. The van der Waals surface area contributed by atoms with E-state index in [0.29, 0.717) is 0 Å². The van der Waals surface area contributed by atoms with Crippen molar-refractivity contribution in [1.29, 1.82) is 0 Å². The summed E-state index contributed by atoms with van der Waals surface area (Å²) in [5.41, 5.74) is -0.125. The van der Waals surface area contributed by atoms with E-state index in [0.717, 1.165) is 0 Å². The summed E-state index contributed by atoms with van der Waals surface area (Å²) in [6.45, 7) is -0.173. The molecule has 0 bridgehead atoms. The van der Waals surface area contributed by atoms with Crippen LogP contribution in [0.3, 0.4) is 0 Å². The summed E-state index contributed by atoms with van der Waals surface area (Å²) in [6, 6.07) is 4.09. The SMILES string of the molecule is C#CCOC(=O)c1cccc([N+](=O)[O-])c1Br. The molecule has 1 aromatic rings. The van der Waals surface area contributed by atoms with E-state index in [1.165, 1.54) is 18.2 Å². The van der Waals surface area contributed by atoms with Gasteiger partial charge in [-0.05, 0) is 22.0 Å². The monoisotopic (exact) mass is 283 g/mol. The molecule has 0 spiro atoms. The van der Waals surface area contributed by atoms with Crippen LogP contribution in [0.1, 0.15) is 10.4 Å². The Morgan fingerprint density at radius 2 is 2.31 bits per heavy atom. The highest BCUT2D eigenvalue weighted by molar-refractivity contribution is 9.10. The summed E-state index contributed by atoms with van der Waals surface area (Å²) in [6.07, 6.45) is 4.92. The first kappa shape index (κ1) is 12.2. The molecule has 0 saturated heterocycles. The summed E-state index contributed by atoms with van der Waals surface area (Å²) >= 11 is 2.98. The Morgan fingerprint density at radius 1 is 1.62 bits per heavy atom. The zero-order valence-corrected chi connectivity index (χ0v) is 9.56. The number of esters is 1. The van der Waals surface area contributed by atoms with Gasteiger partial charge in [-0.3, -0.25) is 10.1 Å². The zero-order chi connectivity index (χ0) is 12.1. The number of terminal acetylenes is 1. The molecule has 0 aliphatic rings. The van der Waals surface area contributed by atoms with Gasteiger partial charge in [0.1, 0.15) is 4.47 Å². The van der Waals surface area contributed by atoms with Crippen molar-refractivity contribution < 1.29 is 14.5 Å². The van der Waals surface area contributed by atoms with Gasteiger partial charge in [0.05, 0.1) is 10.5 Å². The lowest BCUT2D eigenvalue weighted by Gasteiger charge is -2.03. The molecule has 0 heterocycles. The fourth-order valence-electron chi connectivity index (χ4n) is 1.00. The highest BCUT2D eigenvalue weighted by atomic mass is 79.9. The topological polar surface area (TPSA) is 69.4 Å². The average Bonchev–Trinajstić information content (AvgIpc) is 2.25. The lowest BCUT2D eigenvalue weighted by molar-refractivity contribution is -0.385. The minimum Gasteiger partial charge on any atom is -0.449 e. The van der Waals surface area contributed by atoms with Crippen LogP contribution in [0.5, 0.6) is 0 Å². The molecule has 0 N–H and O–H groups in total. The molecule has 0 aliphatic carbocycles. The molecule has 0 radical (unpaired) electrons. The number of nitrogens with zero attached hydrogens (tertiary/aromatic N) is 1. The van der Waals surface area contributed by atoms with E-state index in [1.54, 1.807) is 0 Å².